The molecule has 0 atom stereocenters. The average Bonchev–Trinajstić information content (AvgIpc) is 2.78. The Kier molecular flexibility index (Phi) is 10.5. The molecule has 2 aliphatic rings. The smallest absolute Gasteiger partial charge is 0.183 e. The molecule has 1 aliphatic carbocycles. The lowest BCUT2D eigenvalue weighted by Crippen LogP contribution is -2.24. The lowest BCUT2D eigenvalue weighted by Gasteiger charge is -2.28. The largest absolute Gasteiger partial charge is 0.494 e. The van der Waals surface area contributed by atoms with Crippen LogP contribution in [-0.4, -0.2) is 19.8 Å². The Morgan fingerprint density at radius 3 is 2.03 bits per heavy atom. The minimum atomic E-state index is -0.221. The summed E-state index contributed by atoms with van der Waals surface area (Å²) < 4.78 is 17.5. The Morgan fingerprint density at radius 1 is 0.800 bits per heavy atom. The maximum atomic E-state index is 5.98. The summed E-state index contributed by atoms with van der Waals surface area (Å²) in [5.74, 6) is 3.37. The summed E-state index contributed by atoms with van der Waals surface area (Å²) in [4.78, 5) is 0. The predicted molar refractivity (Wildman–Crippen MR) is 124 cm³/mol. The van der Waals surface area contributed by atoms with E-state index in [0.29, 0.717) is 5.92 Å². The normalized spacial score (nSPS) is 27.1. The summed E-state index contributed by atoms with van der Waals surface area (Å²) in [6.07, 6.45) is 16.7. The molecule has 1 saturated carbocycles. The van der Waals surface area contributed by atoms with Crippen LogP contribution < -0.4 is 4.74 Å². The third-order valence-electron chi connectivity index (χ3n) is 6.92. The molecular formula is C27H44O3. The van der Waals surface area contributed by atoms with E-state index in [-0.39, 0.29) is 6.29 Å². The summed E-state index contributed by atoms with van der Waals surface area (Å²) in [5.41, 5.74) is 1.08. The molecule has 0 unspecified atom stereocenters. The van der Waals surface area contributed by atoms with Gasteiger partial charge in [0.25, 0.3) is 0 Å². The molecule has 1 saturated heterocycles. The quantitative estimate of drug-likeness (QED) is 0.327. The van der Waals surface area contributed by atoms with E-state index in [2.05, 4.69) is 26.0 Å². The van der Waals surface area contributed by atoms with Crippen molar-refractivity contribution in [2.75, 3.05) is 19.8 Å². The first-order valence-corrected chi connectivity index (χ1v) is 12.7. The Hall–Kier alpha value is -1.06. The molecule has 0 spiro atoms. The van der Waals surface area contributed by atoms with Crippen LogP contribution in [0.5, 0.6) is 5.75 Å². The van der Waals surface area contributed by atoms with E-state index in [1.165, 1.54) is 77.0 Å². The molecule has 0 N–H and O–H groups in total. The maximum Gasteiger partial charge on any atom is 0.183 e. The monoisotopic (exact) mass is 416 g/mol. The van der Waals surface area contributed by atoms with Crippen molar-refractivity contribution in [2.24, 2.45) is 17.8 Å². The van der Waals surface area contributed by atoms with Crippen molar-refractivity contribution in [2.45, 2.75) is 97.2 Å². The second-order valence-corrected chi connectivity index (χ2v) is 9.75. The van der Waals surface area contributed by atoms with Crippen molar-refractivity contribution in [3.8, 4) is 5.75 Å². The van der Waals surface area contributed by atoms with Crippen LogP contribution in [0.15, 0.2) is 24.3 Å². The number of hydrogen-bond acceptors (Lipinski definition) is 3. The van der Waals surface area contributed by atoms with E-state index in [1.54, 1.807) is 0 Å². The lowest BCUT2D eigenvalue weighted by molar-refractivity contribution is -0.202. The third-order valence-corrected chi connectivity index (χ3v) is 6.92. The number of hydrogen-bond donors (Lipinski definition) is 0. The highest BCUT2D eigenvalue weighted by Crippen LogP contribution is 2.34. The first kappa shape index (κ1) is 23.6. The summed E-state index contributed by atoms with van der Waals surface area (Å²) in [6, 6.07) is 8.23. The van der Waals surface area contributed by atoms with Crippen LogP contribution in [0.3, 0.4) is 0 Å². The molecule has 0 aromatic heterocycles. The fourth-order valence-electron chi connectivity index (χ4n) is 4.92. The number of rotatable bonds is 12. The van der Waals surface area contributed by atoms with Gasteiger partial charge in [-0.2, -0.15) is 0 Å². The molecule has 170 valence electrons. The van der Waals surface area contributed by atoms with Gasteiger partial charge in [0.1, 0.15) is 5.75 Å². The highest BCUT2D eigenvalue weighted by atomic mass is 16.7. The number of unbranched alkanes of at least 4 members (excludes halogenated alkanes) is 4. The Labute approximate surface area is 184 Å². The molecule has 0 amide bonds. The van der Waals surface area contributed by atoms with Gasteiger partial charge in [0.2, 0.25) is 0 Å². The Morgan fingerprint density at radius 2 is 1.40 bits per heavy atom. The van der Waals surface area contributed by atoms with Gasteiger partial charge < -0.3 is 14.2 Å². The molecule has 0 bridgehead atoms. The van der Waals surface area contributed by atoms with Crippen molar-refractivity contribution in [1.29, 1.82) is 0 Å². The van der Waals surface area contributed by atoms with Gasteiger partial charge in [-0.1, -0.05) is 90.2 Å². The summed E-state index contributed by atoms with van der Waals surface area (Å²) in [7, 11) is 0. The molecule has 1 aromatic carbocycles. The second kappa shape index (κ2) is 13.4. The topological polar surface area (TPSA) is 27.7 Å². The second-order valence-electron chi connectivity index (χ2n) is 9.75. The maximum absolute atomic E-state index is 5.98. The van der Waals surface area contributed by atoms with Crippen LogP contribution in [0, 0.1) is 17.8 Å². The molecule has 0 radical (unpaired) electrons. The fraction of sp³-hybridized carbons (Fsp3) is 0.778. The molecule has 1 aliphatic heterocycles. The highest BCUT2D eigenvalue weighted by molar-refractivity contribution is 5.28. The van der Waals surface area contributed by atoms with Gasteiger partial charge in [0, 0.05) is 11.5 Å². The van der Waals surface area contributed by atoms with Gasteiger partial charge >= 0.3 is 0 Å². The standard InChI is InChI=1S/C27H44O3/c1-3-4-5-6-7-9-23-11-13-24(14-12-23)10-8-19-28-26-17-15-25(16-18-26)27-29-20-22(2)21-30-27/h15-18,22-24,27H,3-14,19-21H2,1-2H3/t22-,23-,24-,27-. The third kappa shape index (κ3) is 8.23. The molecule has 3 nitrogen and oxygen atoms in total. The minimum Gasteiger partial charge on any atom is -0.494 e. The first-order valence-electron chi connectivity index (χ1n) is 12.7. The summed E-state index contributed by atoms with van der Waals surface area (Å²) >= 11 is 0. The van der Waals surface area contributed by atoms with Crippen LogP contribution in [-0.2, 0) is 9.47 Å². The summed E-state index contributed by atoms with van der Waals surface area (Å²) in [5, 5.41) is 0. The first-order chi connectivity index (χ1) is 14.7. The molecule has 1 aromatic rings. The van der Waals surface area contributed by atoms with Gasteiger partial charge in [-0.25, -0.2) is 0 Å². The fourth-order valence-corrected chi connectivity index (χ4v) is 4.92. The van der Waals surface area contributed by atoms with Crippen LogP contribution in [0.2, 0.25) is 0 Å². The van der Waals surface area contributed by atoms with E-state index in [0.717, 1.165) is 43.0 Å². The van der Waals surface area contributed by atoms with Gasteiger partial charge in [0.05, 0.1) is 19.8 Å². The average molecular weight is 417 g/mol. The molecule has 2 fully saturated rings. The van der Waals surface area contributed by atoms with E-state index < -0.39 is 0 Å². The zero-order valence-corrected chi connectivity index (χ0v) is 19.5. The van der Waals surface area contributed by atoms with E-state index in [1.807, 2.05) is 12.1 Å². The van der Waals surface area contributed by atoms with Crippen LogP contribution in [0.25, 0.3) is 0 Å². The van der Waals surface area contributed by atoms with E-state index in [4.69, 9.17) is 14.2 Å². The summed E-state index contributed by atoms with van der Waals surface area (Å²) in [6.45, 7) is 6.80. The van der Waals surface area contributed by atoms with Crippen LogP contribution >= 0.6 is 0 Å². The molecular weight excluding hydrogens is 372 g/mol. The van der Waals surface area contributed by atoms with E-state index >= 15 is 0 Å². The van der Waals surface area contributed by atoms with Crippen molar-refractivity contribution >= 4 is 0 Å². The van der Waals surface area contributed by atoms with Crippen LogP contribution in [0.1, 0.15) is 103 Å². The lowest BCUT2D eigenvalue weighted by atomic mass is 9.78. The molecule has 3 rings (SSSR count). The Balaban J connectivity index is 1.23. The SMILES string of the molecule is CCCCCCC[C@H]1CC[C@H](CCCOc2ccc([C@H]3OC[C@H](C)CO3)cc2)CC1. The molecule has 3 heteroatoms. The number of ether oxygens (including phenoxy) is 3. The van der Waals surface area contributed by atoms with Crippen molar-refractivity contribution in [1.82, 2.24) is 0 Å². The van der Waals surface area contributed by atoms with Gasteiger partial charge in [-0.3, -0.25) is 0 Å². The van der Waals surface area contributed by atoms with Crippen molar-refractivity contribution in [3.05, 3.63) is 29.8 Å². The van der Waals surface area contributed by atoms with Crippen molar-refractivity contribution < 1.29 is 14.2 Å². The zero-order valence-electron chi connectivity index (χ0n) is 19.5. The zero-order chi connectivity index (χ0) is 21.0. The van der Waals surface area contributed by atoms with Gasteiger partial charge in [0.15, 0.2) is 6.29 Å². The Bertz CT molecular complexity index is 554. The molecule has 1 heterocycles. The van der Waals surface area contributed by atoms with Gasteiger partial charge in [-0.05, 0) is 36.8 Å². The van der Waals surface area contributed by atoms with E-state index in [9.17, 15) is 0 Å². The van der Waals surface area contributed by atoms with Crippen LogP contribution in [0.4, 0.5) is 0 Å². The molecule has 30 heavy (non-hydrogen) atoms. The highest BCUT2D eigenvalue weighted by Gasteiger charge is 2.21. The van der Waals surface area contributed by atoms with Gasteiger partial charge in [-0.15, -0.1) is 0 Å². The van der Waals surface area contributed by atoms with Crippen molar-refractivity contribution in [3.63, 3.8) is 0 Å². The number of benzene rings is 1. The minimum absolute atomic E-state index is 0.221. The predicted octanol–water partition coefficient (Wildman–Crippen LogP) is 7.69.